The maximum atomic E-state index is 12.6. The lowest BCUT2D eigenvalue weighted by atomic mass is 10.00. The van der Waals surface area contributed by atoms with Gasteiger partial charge in [-0.05, 0) is 23.8 Å². The standard InChI is InChI=1S/C12H12ClF3O4/c1-20-10(18)5-9(17)11(19)6-2-7(12(14,15)16)4-8(13)3-6/h2-4,9,11,17,19H,5H2,1H3. The Hall–Kier alpha value is -1.31. The third kappa shape index (κ3) is 4.36. The number of hydrogen-bond donors (Lipinski definition) is 2. The van der Waals surface area contributed by atoms with Crippen molar-refractivity contribution in [3.63, 3.8) is 0 Å². The Kier molecular flexibility index (Phi) is 5.38. The van der Waals surface area contributed by atoms with Crippen LogP contribution < -0.4 is 0 Å². The van der Waals surface area contributed by atoms with Crippen LogP contribution in [0.4, 0.5) is 13.2 Å². The molecule has 0 aliphatic heterocycles. The molecule has 0 radical (unpaired) electrons. The molecule has 112 valence electrons. The van der Waals surface area contributed by atoms with Gasteiger partial charge in [0.05, 0.1) is 25.2 Å². The first-order valence-electron chi connectivity index (χ1n) is 5.45. The zero-order valence-corrected chi connectivity index (χ0v) is 11.1. The fourth-order valence-electron chi connectivity index (χ4n) is 1.53. The summed E-state index contributed by atoms with van der Waals surface area (Å²) in [4.78, 5) is 11.0. The van der Waals surface area contributed by atoms with Crippen molar-refractivity contribution in [3.05, 3.63) is 34.3 Å². The zero-order valence-electron chi connectivity index (χ0n) is 10.3. The van der Waals surface area contributed by atoms with E-state index in [-0.39, 0.29) is 10.6 Å². The summed E-state index contributed by atoms with van der Waals surface area (Å²) in [6.07, 6.45) is -8.46. The largest absolute Gasteiger partial charge is 0.469 e. The topological polar surface area (TPSA) is 66.8 Å². The Bertz CT molecular complexity index is 490. The summed E-state index contributed by atoms with van der Waals surface area (Å²) in [5.74, 6) is -0.797. The molecule has 1 aromatic rings. The van der Waals surface area contributed by atoms with Crippen molar-refractivity contribution in [2.24, 2.45) is 0 Å². The highest BCUT2D eigenvalue weighted by molar-refractivity contribution is 6.30. The van der Waals surface area contributed by atoms with E-state index in [1.165, 1.54) is 0 Å². The molecule has 2 N–H and O–H groups in total. The van der Waals surface area contributed by atoms with E-state index in [1.54, 1.807) is 0 Å². The summed E-state index contributed by atoms with van der Waals surface area (Å²) in [5, 5.41) is 19.1. The first-order chi connectivity index (χ1) is 9.15. The molecule has 0 bridgehead atoms. The van der Waals surface area contributed by atoms with E-state index < -0.39 is 36.3 Å². The average Bonchev–Trinajstić information content (AvgIpc) is 2.35. The molecule has 20 heavy (non-hydrogen) atoms. The predicted octanol–water partition coefficient (Wildman–Crippen LogP) is 2.32. The van der Waals surface area contributed by atoms with E-state index in [9.17, 15) is 28.2 Å². The minimum atomic E-state index is -4.63. The van der Waals surface area contributed by atoms with E-state index >= 15 is 0 Å². The molecule has 0 saturated carbocycles. The highest BCUT2D eigenvalue weighted by atomic mass is 35.5. The van der Waals surface area contributed by atoms with Gasteiger partial charge in [-0.25, -0.2) is 0 Å². The molecule has 0 aliphatic rings. The van der Waals surface area contributed by atoms with Crippen LogP contribution in [0.15, 0.2) is 18.2 Å². The van der Waals surface area contributed by atoms with Crippen LogP contribution in [0.5, 0.6) is 0 Å². The lowest BCUT2D eigenvalue weighted by Crippen LogP contribution is -2.23. The van der Waals surface area contributed by atoms with Crippen LogP contribution in [0.3, 0.4) is 0 Å². The van der Waals surface area contributed by atoms with Crippen LogP contribution in [0.25, 0.3) is 0 Å². The Morgan fingerprint density at radius 3 is 2.45 bits per heavy atom. The second-order valence-electron chi connectivity index (χ2n) is 4.06. The molecule has 1 aromatic carbocycles. The van der Waals surface area contributed by atoms with Crippen molar-refractivity contribution in [2.75, 3.05) is 7.11 Å². The van der Waals surface area contributed by atoms with Crippen LogP contribution in [-0.4, -0.2) is 29.4 Å². The molecule has 0 spiro atoms. The van der Waals surface area contributed by atoms with Gasteiger partial charge >= 0.3 is 12.1 Å². The average molecular weight is 313 g/mol. The van der Waals surface area contributed by atoms with Crippen molar-refractivity contribution in [1.82, 2.24) is 0 Å². The third-order valence-electron chi connectivity index (χ3n) is 2.56. The lowest BCUT2D eigenvalue weighted by Gasteiger charge is -2.19. The number of alkyl halides is 3. The van der Waals surface area contributed by atoms with Crippen LogP contribution in [0.2, 0.25) is 5.02 Å². The number of carbonyl (C=O) groups is 1. The highest BCUT2D eigenvalue weighted by Crippen LogP contribution is 2.34. The maximum absolute atomic E-state index is 12.6. The van der Waals surface area contributed by atoms with Crippen LogP contribution in [0, 0.1) is 0 Å². The van der Waals surface area contributed by atoms with Gasteiger partial charge in [-0.1, -0.05) is 11.6 Å². The van der Waals surface area contributed by atoms with Crippen molar-refractivity contribution >= 4 is 17.6 Å². The predicted molar refractivity (Wildman–Crippen MR) is 64.1 cm³/mol. The number of carbonyl (C=O) groups excluding carboxylic acids is 1. The van der Waals surface area contributed by atoms with E-state index in [2.05, 4.69) is 4.74 Å². The quantitative estimate of drug-likeness (QED) is 0.837. The molecule has 0 fully saturated rings. The Balaban J connectivity index is 3.01. The smallest absolute Gasteiger partial charge is 0.416 e. The first kappa shape index (κ1) is 16.7. The Morgan fingerprint density at radius 2 is 1.95 bits per heavy atom. The van der Waals surface area contributed by atoms with Crippen LogP contribution in [-0.2, 0) is 15.7 Å². The van der Waals surface area contributed by atoms with Crippen molar-refractivity contribution < 1.29 is 32.9 Å². The summed E-state index contributed by atoms with van der Waals surface area (Å²) in [6.45, 7) is 0. The van der Waals surface area contributed by atoms with Crippen molar-refractivity contribution in [2.45, 2.75) is 24.8 Å². The molecule has 2 atom stereocenters. The van der Waals surface area contributed by atoms with Gasteiger partial charge < -0.3 is 14.9 Å². The van der Waals surface area contributed by atoms with E-state index in [1.807, 2.05) is 0 Å². The molecular weight excluding hydrogens is 301 g/mol. The minimum Gasteiger partial charge on any atom is -0.469 e. The highest BCUT2D eigenvalue weighted by Gasteiger charge is 2.32. The molecule has 0 amide bonds. The minimum absolute atomic E-state index is 0.235. The van der Waals surface area contributed by atoms with Gasteiger partial charge in [0, 0.05) is 5.02 Å². The lowest BCUT2D eigenvalue weighted by molar-refractivity contribution is -0.145. The van der Waals surface area contributed by atoms with Gasteiger partial charge in [0.1, 0.15) is 6.10 Å². The molecule has 4 nitrogen and oxygen atoms in total. The SMILES string of the molecule is COC(=O)CC(O)C(O)c1cc(Cl)cc(C(F)(F)F)c1. The summed E-state index contributed by atoms with van der Waals surface area (Å²) in [5.41, 5.74) is -1.29. The summed E-state index contributed by atoms with van der Waals surface area (Å²) < 4.78 is 42.1. The number of rotatable bonds is 4. The van der Waals surface area contributed by atoms with Gasteiger partial charge in [0.2, 0.25) is 0 Å². The number of benzene rings is 1. The number of halogens is 4. The fourth-order valence-corrected chi connectivity index (χ4v) is 1.78. The second-order valence-corrected chi connectivity index (χ2v) is 4.50. The van der Waals surface area contributed by atoms with Gasteiger partial charge in [0.15, 0.2) is 0 Å². The number of aliphatic hydroxyl groups is 2. The molecule has 0 aliphatic carbocycles. The Labute approximate surface area is 117 Å². The molecule has 1 rings (SSSR count). The Morgan fingerprint density at radius 1 is 1.35 bits per heavy atom. The van der Waals surface area contributed by atoms with E-state index in [4.69, 9.17) is 11.6 Å². The molecule has 0 aromatic heterocycles. The summed E-state index contributed by atoms with van der Waals surface area (Å²) >= 11 is 5.55. The van der Waals surface area contributed by atoms with E-state index in [0.717, 1.165) is 13.2 Å². The van der Waals surface area contributed by atoms with Gasteiger partial charge in [-0.3, -0.25) is 4.79 Å². The zero-order chi connectivity index (χ0) is 15.5. The monoisotopic (exact) mass is 312 g/mol. The number of methoxy groups -OCH3 is 1. The number of hydrogen-bond acceptors (Lipinski definition) is 4. The molecule has 2 unspecified atom stereocenters. The van der Waals surface area contributed by atoms with Crippen molar-refractivity contribution in [1.29, 1.82) is 0 Å². The second kappa shape index (κ2) is 6.43. The molecule has 0 saturated heterocycles. The molecule has 8 heteroatoms. The fraction of sp³-hybridized carbons (Fsp3) is 0.417. The normalized spacial score (nSPS) is 14.8. The number of esters is 1. The van der Waals surface area contributed by atoms with Crippen LogP contribution in [0.1, 0.15) is 23.7 Å². The van der Waals surface area contributed by atoms with E-state index in [0.29, 0.717) is 12.1 Å². The van der Waals surface area contributed by atoms with Crippen molar-refractivity contribution in [3.8, 4) is 0 Å². The number of ether oxygens (including phenoxy) is 1. The van der Waals surface area contributed by atoms with Gasteiger partial charge in [0.25, 0.3) is 0 Å². The number of aliphatic hydroxyl groups excluding tert-OH is 2. The van der Waals surface area contributed by atoms with Crippen LogP contribution >= 0.6 is 11.6 Å². The third-order valence-corrected chi connectivity index (χ3v) is 2.78. The summed E-state index contributed by atoms with van der Waals surface area (Å²) in [7, 11) is 1.09. The van der Waals surface area contributed by atoms with Gasteiger partial charge in [-0.15, -0.1) is 0 Å². The molecule has 0 heterocycles. The molecular formula is C12H12ClF3O4. The first-order valence-corrected chi connectivity index (χ1v) is 5.83. The van der Waals surface area contributed by atoms with Gasteiger partial charge in [-0.2, -0.15) is 13.2 Å². The summed E-state index contributed by atoms with van der Waals surface area (Å²) in [6, 6.07) is 2.45. The maximum Gasteiger partial charge on any atom is 0.416 e.